The van der Waals surface area contributed by atoms with Crippen LogP contribution in [0.15, 0.2) is 72.8 Å². The molecule has 11 nitrogen and oxygen atoms in total. The second-order valence-corrected chi connectivity index (χ2v) is 10.8. The van der Waals surface area contributed by atoms with Crippen molar-refractivity contribution in [3.05, 3.63) is 83.9 Å². The lowest BCUT2D eigenvalue weighted by Gasteiger charge is -2.32. The van der Waals surface area contributed by atoms with E-state index in [-0.39, 0.29) is 38.4 Å². The largest absolute Gasteiger partial charge is 0.463 e. The smallest absolute Gasteiger partial charge is 0.408 e. The van der Waals surface area contributed by atoms with Crippen molar-refractivity contribution in [1.82, 2.24) is 15.5 Å². The average molecular weight is 609 g/mol. The third-order valence-corrected chi connectivity index (χ3v) is 6.68. The van der Waals surface area contributed by atoms with Gasteiger partial charge in [0.05, 0.1) is 6.61 Å². The number of amides is 4. The van der Waals surface area contributed by atoms with E-state index in [0.717, 1.165) is 11.1 Å². The van der Waals surface area contributed by atoms with Gasteiger partial charge in [-0.3, -0.25) is 14.4 Å². The predicted molar refractivity (Wildman–Crippen MR) is 166 cm³/mol. The number of hydrogen-bond donors (Lipinski definition) is 3. The van der Waals surface area contributed by atoms with Gasteiger partial charge in [0.25, 0.3) is 0 Å². The molecule has 238 valence electrons. The van der Waals surface area contributed by atoms with Gasteiger partial charge in [-0.05, 0) is 36.8 Å². The summed E-state index contributed by atoms with van der Waals surface area (Å²) in [6.07, 6.45) is 2.45. The van der Waals surface area contributed by atoms with Crippen LogP contribution in [-0.2, 0) is 41.7 Å². The highest BCUT2D eigenvalue weighted by Crippen LogP contribution is 2.15. The Hall–Kier alpha value is -4.67. The van der Waals surface area contributed by atoms with Crippen LogP contribution in [0.5, 0.6) is 0 Å². The van der Waals surface area contributed by atoms with Crippen molar-refractivity contribution in [2.45, 2.75) is 71.2 Å². The Morgan fingerprint density at radius 2 is 1.52 bits per heavy atom. The summed E-state index contributed by atoms with van der Waals surface area (Å²) in [5.41, 5.74) is 6.93. The number of nitrogens with one attached hydrogen (secondary N) is 2. The molecule has 0 heterocycles. The number of primary amides is 1. The zero-order valence-electron chi connectivity index (χ0n) is 25.9. The molecule has 0 saturated heterocycles. The molecular weight excluding hydrogens is 564 g/mol. The second kappa shape index (κ2) is 18.8. The molecule has 0 aliphatic rings. The van der Waals surface area contributed by atoms with E-state index in [9.17, 15) is 24.0 Å². The van der Waals surface area contributed by atoms with Crippen LogP contribution in [0.1, 0.15) is 51.2 Å². The Morgan fingerprint density at radius 3 is 2.09 bits per heavy atom. The first-order valence-corrected chi connectivity index (χ1v) is 14.7. The van der Waals surface area contributed by atoms with Crippen LogP contribution < -0.4 is 16.4 Å². The fourth-order valence-electron chi connectivity index (χ4n) is 4.42. The average Bonchev–Trinajstić information content (AvgIpc) is 3.00. The molecule has 0 aromatic heterocycles. The van der Waals surface area contributed by atoms with Gasteiger partial charge in [0.15, 0.2) is 0 Å². The molecule has 0 spiro atoms. The molecule has 4 amide bonds. The second-order valence-electron chi connectivity index (χ2n) is 10.8. The minimum absolute atomic E-state index is 0.0378. The van der Waals surface area contributed by atoms with Crippen LogP contribution in [0.2, 0.25) is 0 Å². The molecule has 0 aliphatic heterocycles. The van der Waals surface area contributed by atoms with Crippen molar-refractivity contribution in [2.24, 2.45) is 11.7 Å². The monoisotopic (exact) mass is 608 g/mol. The van der Waals surface area contributed by atoms with E-state index in [2.05, 4.69) is 10.6 Å². The summed E-state index contributed by atoms with van der Waals surface area (Å²) in [7, 11) is 1.51. The first-order chi connectivity index (χ1) is 21.0. The van der Waals surface area contributed by atoms with Crippen LogP contribution in [0.4, 0.5) is 4.79 Å². The van der Waals surface area contributed by atoms with Crippen molar-refractivity contribution in [2.75, 3.05) is 13.7 Å². The van der Waals surface area contributed by atoms with E-state index in [4.69, 9.17) is 15.2 Å². The number of carbonyl (C=O) groups is 5. The first kappa shape index (κ1) is 35.5. The molecule has 2 rings (SSSR count). The lowest BCUT2D eigenvalue weighted by atomic mass is 9.99. The SMILES string of the molecule is CCOC(=O)/C=C/[C@H](CCC(N)=O)NC(=O)[C@H](Cc1ccccc1)N(C)C(=O)[C@H](CC(C)C)NC(=O)OCc1ccccc1. The van der Waals surface area contributed by atoms with Gasteiger partial charge in [-0.2, -0.15) is 0 Å². The van der Waals surface area contributed by atoms with E-state index in [0.29, 0.717) is 6.42 Å². The molecule has 4 N–H and O–H groups in total. The summed E-state index contributed by atoms with van der Waals surface area (Å²) in [5, 5.41) is 5.51. The van der Waals surface area contributed by atoms with E-state index in [1.54, 1.807) is 6.92 Å². The molecule has 3 atom stereocenters. The van der Waals surface area contributed by atoms with Crippen molar-refractivity contribution in [3.8, 4) is 0 Å². The fraction of sp³-hybridized carbons (Fsp3) is 0.424. The van der Waals surface area contributed by atoms with Gasteiger partial charge in [-0.25, -0.2) is 9.59 Å². The topological polar surface area (TPSA) is 157 Å². The van der Waals surface area contributed by atoms with E-state index in [1.165, 1.54) is 24.1 Å². The minimum Gasteiger partial charge on any atom is -0.463 e. The summed E-state index contributed by atoms with van der Waals surface area (Å²) >= 11 is 0. The van der Waals surface area contributed by atoms with Gasteiger partial charge in [0, 0.05) is 32.0 Å². The van der Waals surface area contributed by atoms with Gasteiger partial charge in [-0.1, -0.05) is 80.6 Å². The van der Waals surface area contributed by atoms with E-state index in [1.807, 2.05) is 74.5 Å². The normalized spacial score (nSPS) is 13.0. The van der Waals surface area contributed by atoms with Gasteiger partial charge < -0.3 is 30.7 Å². The maximum absolute atomic E-state index is 13.9. The predicted octanol–water partition coefficient (Wildman–Crippen LogP) is 3.27. The Kier molecular flexibility index (Phi) is 15.2. The summed E-state index contributed by atoms with van der Waals surface area (Å²) < 4.78 is 10.3. The Labute approximate surface area is 259 Å². The molecule has 2 aromatic carbocycles. The number of esters is 1. The summed E-state index contributed by atoms with van der Waals surface area (Å²) in [6, 6.07) is 15.7. The Bertz CT molecular complexity index is 1250. The first-order valence-electron chi connectivity index (χ1n) is 14.7. The van der Waals surface area contributed by atoms with E-state index >= 15 is 0 Å². The lowest BCUT2D eigenvalue weighted by Crippen LogP contribution is -2.56. The van der Waals surface area contributed by atoms with Crippen LogP contribution in [0, 0.1) is 5.92 Å². The highest BCUT2D eigenvalue weighted by molar-refractivity contribution is 5.91. The third kappa shape index (κ3) is 13.1. The van der Waals surface area contributed by atoms with Gasteiger partial charge >= 0.3 is 12.1 Å². The van der Waals surface area contributed by atoms with Gasteiger partial charge in [0.2, 0.25) is 17.7 Å². The Balaban J connectivity index is 2.28. The molecule has 0 aliphatic carbocycles. The number of alkyl carbamates (subject to hydrolysis) is 1. The van der Waals surface area contributed by atoms with Gasteiger partial charge in [-0.15, -0.1) is 0 Å². The van der Waals surface area contributed by atoms with Crippen molar-refractivity contribution in [3.63, 3.8) is 0 Å². The van der Waals surface area contributed by atoms with E-state index < -0.39 is 47.9 Å². The molecule has 0 fully saturated rings. The third-order valence-electron chi connectivity index (χ3n) is 6.68. The molecule has 0 saturated carbocycles. The summed E-state index contributed by atoms with van der Waals surface area (Å²) in [5.74, 6) is -2.10. The highest BCUT2D eigenvalue weighted by Gasteiger charge is 2.33. The number of rotatable bonds is 17. The number of nitrogens with zero attached hydrogens (tertiary/aromatic N) is 1. The standard InChI is InChI=1S/C33H44N4O7/c1-5-43-30(39)19-17-26(16-18-29(34)38)35-31(40)28(21-24-12-8-6-9-13-24)37(4)32(41)27(20-23(2)3)36-33(42)44-22-25-14-10-7-11-15-25/h6-15,17,19,23,26-28H,5,16,18,20-22H2,1-4H3,(H2,34,38)(H,35,40)(H,36,42)/b19-17+/t26-,27-,28-/m0/s1. The number of hydrogen-bond acceptors (Lipinski definition) is 7. The maximum Gasteiger partial charge on any atom is 0.408 e. The highest BCUT2D eigenvalue weighted by atomic mass is 16.5. The summed E-state index contributed by atoms with van der Waals surface area (Å²) in [4.78, 5) is 65.0. The number of ether oxygens (including phenoxy) is 2. The molecule has 0 unspecified atom stereocenters. The molecular formula is C33H44N4O7. The number of likely N-dealkylation sites (N-methyl/N-ethyl adjacent to an activating group) is 1. The zero-order chi connectivity index (χ0) is 32.5. The lowest BCUT2D eigenvalue weighted by molar-refractivity contribution is -0.140. The van der Waals surface area contributed by atoms with Crippen LogP contribution in [0.3, 0.4) is 0 Å². The molecule has 0 bridgehead atoms. The molecule has 44 heavy (non-hydrogen) atoms. The van der Waals surface area contributed by atoms with Crippen molar-refractivity contribution < 1.29 is 33.4 Å². The van der Waals surface area contributed by atoms with Crippen LogP contribution in [0.25, 0.3) is 0 Å². The molecule has 2 aromatic rings. The summed E-state index contributed by atoms with van der Waals surface area (Å²) in [6.45, 7) is 5.73. The Morgan fingerprint density at radius 1 is 0.909 bits per heavy atom. The van der Waals surface area contributed by atoms with Crippen LogP contribution in [-0.4, -0.2) is 66.5 Å². The molecule has 0 radical (unpaired) electrons. The van der Waals surface area contributed by atoms with Crippen molar-refractivity contribution in [1.29, 1.82) is 0 Å². The fourth-order valence-corrected chi connectivity index (χ4v) is 4.42. The zero-order valence-corrected chi connectivity index (χ0v) is 25.9. The number of nitrogens with two attached hydrogens (primary N) is 1. The number of benzene rings is 2. The quantitative estimate of drug-likeness (QED) is 0.184. The minimum atomic E-state index is -0.992. The van der Waals surface area contributed by atoms with Gasteiger partial charge in [0.1, 0.15) is 18.7 Å². The van der Waals surface area contributed by atoms with Crippen LogP contribution >= 0.6 is 0 Å². The molecule has 11 heteroatoms. The number of carbonyl (C=O) groups excluding carboxylic acids is 5. The maximum atomic E-state index is 13.9. The van der Waals surface area contributed by atoms with Crippen molar-refractivity contribution >= 4 is 29.8 Å².